The summed E-state index contributed by atoms with van der Waals surface area (Å²) in [7, 11) is 1.63. The Morgan fingerprint density at radius 2 is 2.16 bits per heavy atom. The van der Waals surface area contributed by atoms with E-state index in [9.17, 15) is 4.79 Å². The molecule has 0 heterocycles. The molecule has 1 aliphatic rings. The summed E-state index contributed by atoms with van der Waals surface area (Å²) in [5, 5.41) is 9.54. The summed E-state index contributed by atoms with van der Waals surface area (Å²) < 4.78 is 5.19. The van der Waals surface area contributed by atoms with E-state index in [1.54, 1.807) is 20.1 Å². The van der Waals surface area contributed by atoms with E-state index in [-0.39, 0.29) is 0 Å². The average Bonchev–Trinajstić information content (AvgIpc) is 2.41. The van der Waals surface area contributed by atoms with Crippen molar-refractivity contribution in [3.05, 3.63) is 46.5 Å². The van der Waals surface area contributed by atoms with Crippen LogP contribution in [0.4, 0.5) is 0 Å². The maximum absolute atomic E-state index is 10.9. The first-order chi connectivity index (χ1) is 9.02. The molecule has 0 atom stereocenters. The topological polar surface area (TPSA) is 46.5 Å². The van der Waals surface area contributed by atoms with Gasteiger partial charge in [0.1, 0.15) is 5.75 Å². The maximum atomic E-state index is 10.9. The minimum Gasteiger partial charge on any atom is -0.497 e. The van der Waals surface area contributed by atoms with Crippen LogP contribution in [0.25, 0.3) is 5.03 Å². The summed E-state index contributed by atoms with van der Waals surface area (Å²) in [6.07, 6.45) is 3.23. The molecule has 19 heavy (non-hydrogen) atoms. The lowest BCUT2D eigenvalue weighted by Gasteiger charge is -2.19. The van der Waals surface area contributed by atoms with Gasteiger partial charge in [0.05, 0.1) is 12.1 Å². The van der Waals surface area contributed by atoms with Crippen LogP contribution in [0.5, 0.6) is 5.75 Å². The first kappa shape index (κ1) is 13.7. The third-order valence-corrected chi connectivity index (χ3v) is 3.67. The lowest BCUT2D eigenvalue weighted by atomic mass is 9.91. The van der Waals surface area contributed by atoms with Gasteiger partial charge in [0.2, 0.25) is 0 Å². The summed E-state index contributed by atoms with van der Waals surface area (Å²) in [6.45, 7) is 1.57. The molecule has 0 amide bonds. The Kier molecular flexibility index (Phi) is 3.96. The molecule has 0 spiro atoms. The van der Waals surface area contributed by atoms with Crippen molar-refractivity contribution in [3.63, 3.8) is 0 Å². The minimum absolute atomic E-state index is 0.296. The van der Waals surface area contributed by atoms with Gasteiger partial charge >= 0.3 is 5.97 Å². The van der Waals surface area contributed by atoms with Crippen LogP contribution >= 0.6 is 11.6 Å². The molecule has 0 radical (unpaired) electrons. The van der Waals surface area contributed by atoms with Crippen molar-refractivity contribution in [3.8, 4) is 5.75 Å². The van der Waals surface area contributed by atoms with Gasteiger partial charge in [0.25, 0.3) is 0 Å². The number of benzene rings is 1. The van der Waals surface area contributed by atoms with Crippen LogP contribution in [0.3, 0.4) is 0 Å². The van der Waals surface area contributed by atoms with Crippen LogP contribution in [-0.4, -0.2) is 18.2 Å². The van der Waals surface area contributed by atoms with Crippen molar-refractivity contribution < 1.29 is 14.6 Å². The van der Waals surface area contributed by atoms with Crippen molar-refractivity contribution in [1.82, 2.24) is 0 Å². The highest BCUT2D eigenvalue weighted by Crippen LogP contribution is 2.36. The second kappa shape index (κ2) is 5.49. The fourth-order valence-electron chi connectivity index (χ4n) is 2.13. The molecule has 0 aromatic heterocycles. The molecular formula is C15H15ClO3. The second-order valence-electron chi connectivity index (χ2n) is 4.49. The van der Waals surface area contributed by atoms with Crippen molar-refractivity contribution in [2.45, 2.75) is 19.8 Å². The molecule has 0 unspecified atom stereocenters. The molecule has 0 fully saturated rings. The Labute approximate surface area is 117 Å². The number of hydrogen-bond donors (Lipinski definition) is 1. The summed E-state index contributed by atoms with van der Waals surface area (Å²) in [6, 6.07) is 5.75. The zero-order valence-electron chi connectivity index (χ0n) is 10.9. The van der Waals surface area contributed by atoms with Gasteiger partial charge in [-0.15, -0.1) is 0 Å². The number of carboxylic acids is 1. The highest BCUT2D eigenvalue weighted by atomic mass is 35.5. The molecule has 0 saturated heterocycles. The highest BCUT2D eigenvalue weighted by Gasteiger charge is 2.17. The zero-order chi connectivity index (χ0) is 14.0. The van der Waals surface area contributed by atoms with E-state index < -0.39 is 5.97 Å². The van der Waals surface area contributed by atoms with E-state index in [0.29, 0.717) is 10.6 Å². The molecule has 2 rings (SSSR count). The number of methoxy groups -OCH3 is 1. The first-order valence-corrected chi connectivity index (χ1v) is 6.38. The Morgan fingerprint density at radius 1 is 1.42 bits per heavy atom. The fraction of sp³-hybridized carbons (Fsp3) is 0.267. The van der Waals surface area contributed by atoms with Gasteiger partial charge in [0, 0.05) is 5.57 Å². The lowest BCUT2D eigenvalue weighted by Crippen LogP contribution is -2.04. The molecule has 0 aliphatic heterocycles. The zero-order valence-corrected chi connectivity index (χ0v) is 11.6. The van der Waals surface area contributed by atoms with Crippen LogP contribution < -0.4 is 4.74 Å². The average molecular weight is 279 g/mol. The number of carbonyl (C=O) groups is 1. The number of allylic oxidation sites excluding steroid dienone is 2. The van der Waals surface area contributed by atoms with E-state index in [1.807, 2.05) is 18.2 Å². The van der Waals surface area contributed by atoms with Crippen molar-refractivity contribution >= 4 is 22.6 Å². The maximum Gasteiger partial charge on any atom is 0.331 e. The van der Waals surface area contributed by atoms with Crippen molar-refractivity contribution in [2.75, 3.05) is 7.11 Å². The monoisotopic (exact) mass is 278 g/mol. The summed E-state index contributed by atoms with van der Waals surface area (Å²) >= 11 is 6.36. The Bertz CT molecular complexity index is 585. The predicted octanol–water partition coefficient (Wildman–Crippen LogP) is 3.62. The molecule has 3 nitrogen and oxygen atoms in total. The smallest absolute Gasteiger partial charge is 0.331 e. The molecule has 0 bridgehead atoms. The summed E-state index contributed by atoms with van der Waals surface area (Å²) in [5.74, 6) is -0.110. The molecule has 100 valence electrons. The minimum atomic E-state index is -0.919. The quantitative estimate of drug-likeness (QED) is 0.859. The van der Waals surface area contributed by atoms with Gasteiger partial charge in [0.15, 0.2) is 0 Å². The van der Waals surface area contributed by atoms with Crippen LogP contribution in [0.15, 0.2) is 35.4 Å². The number of aliphatic carboxylic acids is 1. The number of hydrogen-bond acceptors (Lipinski definition) is 2. The Hall–Kier alpha value is -1.74. The standard InChI is InChI=1S/C15H15ClO3/c1-9(15(17)18)7-11-4-3-10-8-12(19-2)5-6-13(10)14(11)16/h5-8H,3-4H2,1-2H3,(H,17,18)/b9-7+. The normalized spacial score (nSPS) is 15.2. The number of carboxylic acid groups (broad SMARTS) is 1. The third kappa shape index (κ3) is 2.82. The van der Waals surface area contributed by atoms with Gasteiger partial charge < -0.3 is 9.84 Å². The van der Waals surface area contributed by atoms with Gasteiger partial charge in [-0.1, -0.05) is 11.6 Å². The largest absolute Gasteiger partial charge is 0.497 e. The molecule has 1 aromatic carbocycles. The van der Waals surface area contributed by atoms with Crippen molar-refractivity contribution in [2.24, 2.45) is 0 Å². The first-order valence-electron chi connectivity index (χ1n) is 6.00. The van der Waals surface area contributed by atoms with E-state index in [0.717, 1.165) is 35.3 Å². The van der Waals surface area contributed by atoms with E-state index in [2.05, 4.69) is 0 Å². The van der Waals surface area contributed by atoms with E-state index in [4.69, 9.17) is 21.4 Å². The van der Waals surface area contributed by atoms with Gasteiger partial charge in [-0.05, 0) is 60.7 Å². The summed E-state index contributed by atoms with van der Waals surface area (Å²) in [4.78, 5) is 10.9. The molecular weight excluding hydrogens is 264 g/mol. The number of halogens is 1. The lowest BCUT2D eigenvalue weighted by molar-refractivity contribution is -0.132. The highest BCUT2D eigenvalue weighted by molar-refractivity contribution is 6.49. The fourth-order valence-corrected chi connectivity index (χ4v) is 2.46. The van der Waals surface area contributed by atoms with Crippen molar-refractivity contribution in [1.29, 1.82) is 0 Å². The SMILES string of the molecule is COc1ccc2c(c1)CCC(/C=C(\C)C(=O)O)=C2Cl. The second-order valence-corrected chi connectivity index (χ2v) is 4.87. The molecule has 0 saturated carbocycles. The van der Waals surface area contributed by atoms with E-state index in [1.165, 1.54) is 0 Å². The van der Waals surface area contributed by atoms with Crippen LogP contribution in [0.1, 0.15) is 24.5 Å². The predicted molar refractivity (Wildman–Crippen MR) is 75.5 cm³/mol. The molecule has 1 N–H and O–H groups in total. The Balaban J connectivity index is 2.43. The molecule has 4 heteroatoms. The van der Waals surface area contributed by atoms with Gasteiger partial charge in [-0.3, -0.25) is 0 Å². The molecule has 1 aliphatic carbocycles. The number of fused-ring (bicyclic) bond motifs is 1. The van der Waals surface area contributed by atoms with E-state index >= 15 is 0 Å². The number of ether oxygens (including phenoxy) is 1. The van der Waals surface area contributed by atoms with Gasteiger partial charge in [-0.2, -0.15) is 0 Å². The Morgan fingerprint density at radius 3 is 2.79 bits per heavy atom. The molecule has 1 aromatic rings. The van der Waals surface area contributed by atoms with Crippen LogP contribution in [0, 0.1) is 0 Å². The van der Waals surface area contributed by atoms with Gasteiger partial charge in [-0.25, -0.2) is 4.79 Å². The van der Waals surface area contributed by atoms with Crippen LogP contribution in [0.2, 0.25) is 0 Å². The summed E-state index contributed by atoms with van der Waals surface area (Å²) in [5.41, 5.74) is 3.26. The van der Waals surface area contributed by atoms with Crippen LogP contribution in [-0.2, 0) is 11.2 Å². The number of aryl methyl sites for hydroxylation is 1. The third-order valence-electron chi connectivity index (χ3n) is 3.22. The number of rotatable bonds is 3.